The van der Waals surface area contributed by atoms with Gasteiger partial charge in [-0.3, -0.25) is 0 Å². The number of likely N-dealkylation sites (N-methyl/N-ethyl adjacent to an activating group) is 1. The number of hydrogen-bond acceptors (Lipinski definition) is 4. The molecular formula is C9H20N2O2S. The Morgan fingerprint density at radius 3 is 2.36 bits per heavy atom. The quantitative estimate of drug-likeness (QED) is 0.707. The number of nitrogens with one attached hydrogen (secondary N) is 1. The summed E-state index contributed by atoms with van der Waals surface area (Å²) in [4.78, 5) is 2.12. The maximum atomic E-state index is 11.1. The molecule has 5 heteroatoms. The van der Waals surface area contributed by atoms with Gasteiger partial charge in [-0.05, 0) is 26.9 Å². The fraction of sp³-hybridized carbons (Fsp3) is 1.00. The largest absolute Gasteiger partial charge is 0.313 e. The third kappa shape index (κ3) is 4.39. The molecule has 1 fully saturated rings. The lowest BCUT2D eigenvalue weighted by Crippen LogP contribution is -2.40. The van der Waals surface area contributed by atoms with Gasteiger partial charge in [-0.2, -0.15) is 0 Å². The average Bonchev–Trinajstić information content (AvgIpc) is 2.07. The van der Waals surface area contributed by atoms with Crippen LogP contribution in [0.4, 0.5) is 0 Å². The topological polar surface area (TPSA) is 49.4 Å². The maximum absolute atomic E-state index is 11.1. The van der Waals surface area contributed by atoms with E-state index >= 15 is 0 Å². The van der Waals surface area contributed by atoms with Crippen LogP contribution in [0.1, 0.15) is 12.8 Å². The molecule has 0 amide bonds. The second-order valence-corrected chi connectivity index (χ2v) is 6.49. The molecule has 1 aliphatic heterocycles. The van der Waals surface area contributed by atoms with E-state index in [9.17, 15) is 8.42 Å². The monoisotopic (exact) mass is 220 g/mol. The van der Waals surface area contributed by atoms with Crippen molar-refractivity contribution in [2.24, 2.45) is 0 Å². The van der Waals surface area contributed by atoms with Crippen LogP contribution in [-0.4, -0.2) is 58.1 Å². The van der Waals surface area contributed by atoms with E-state index in [0.29, 0.717) is 17.5 Å². The normalized spacial score (nSPS) is 22.8. The molecule has 1 saturated heterocycles. The minimum atomic E-state index is -2.71. The van der Waals surface area contributed by atoms with Crippen LogP contribution >= 0.6 is 0 Å². The molecule has 0 unspecified atom stereocenters. The summed E-state index contributed by atoms with van der Waals surface area (Å²) in [6.07, 6.45) is 1.55. The van der Waals surface area contributed by atoms with Crippen LogP contribution in [0.5, 0.6) is 0 Å². The van der Waals surface area contributed by atoms with Crippen LogP contribution in [-0.2, 0) is 9.84 Å². The molecule has 0 radical (unpaired) electrons. The van der Waals surface area contributed by atoms with Gasteiger partial charge in [0.2, 0.25) is 0 Å². The van der Waals surface area contributed by atoms with E-state index < -0.39 is 9.84 Å². The first-order chi connectivity index (χ1) is 6.49. The van der Waals surface area contributed by atoms with Crippen LogP contribution in [0.2, 0.25) is 0 Å². The lowest BCUT2D eigenvalue weighted by molar-refractivity contribution is 0.374. The van der Waals surface area contributed by atoms with E-state index in [4.69, 9.17) is 0 Å². The van der Waals surface area contributed by atoms with Crippen LogP contribution in [0.15, 0.2) is 0 Å². The highest BCUT2D eigenvalue weighted by Crippen LogP contribution is 2.11. The second kappa shape index (κ2) is 5.09. The van der Waals surface area contributed by atoms with E-state index in [1.165, 1.54) is 0 Å². The summed E-state index contributed by atoms with van der Waals surface area (Å²) in [5.74, 6) is 0.708. The van der Waals surface area contributed by atoms with Crippen molar-refractivity contribution in [2.75, 3.05) is 38.7 Å². The predicted octanol–water partition coefficient (Wildman–Crippen LogP) is -0.285. The Morgan fingerprint density at radius 1 is 1.29 bits per heavy atom. The van der Waals surface area contributed by atoms with Gasteiger partial charge >= 0.3 is 0 Å². The molecule has 1 heterocycles. The molecule has 0 bridgehead atoms. The first-order valence-electron chi connectivity index (χ1n) is 5.08. The van der Waals surface area contributed by atoms with Gasteiger partial charge in [-0.1, -0.05) is 0 Å². The zero-order valence-electron chi connectivity index (χ0n) is 8.99. The van der Waals surface area contributed by atoms with Crippen molar-refractivity contribution in [3.05, 3.63) is 0 Å². The molecule has 0 aliphatic carbocycles. The van der Waals surface area contributed by atoms with Crippen molar-refractivity contribution >= 4 is 9.84 Å². The molecule has 0 aromatic carbocycles. The van der Waals surface area contributed by atoms with Crippen LogP contribution in [0.3, 0.4) is 0 Å². The fourth-order valence-corrected chi connectivity index (χ4v) is 3.08. The third-order valence-electron chi connectivity index (χ3n) is 2.55. The third-order valence-corrected chi connectivity index (χ3v) is 4.26. The number of hydrogen-bond donors (Lipinski definition) is 1. The van der Waals surface area contributed by atoms with Gasteiger partial charge in [0.05, 0.1) is 11.5 Å². The van der Waals surface area contributed by atoms with Gasteiger partial charge in [-0.25, -0.2) is 8.42 Å². The molecule has 0 saturated carbocycles. The fourth-order valence-electron chi connectivity index (χ4n) is 1.59. The van der Waals surface area contributed by atoms with E-state index in [0.717, 1.165) is 25.9 Å². The highest BCUT2D eigenvalue weighted by atomic mass is 32.2. The summed E-state index contributed by atoms with van der Waals surface area (Å²) >= 11 is 0. The molecule has 84 valence electrons. The molecule has 0 atom stereocenters. The maximum Gasteiger partial charge on any atom is 0.150 e. The molecule has 1 aliphatic rings. The van der Waals surface area contributed by atoms with Crippen molar-refractivity contribution in [2.45, 2.75) is 18.9 Å². The van der Waals surface area contributed by atoms with Crippen molar-refractivity contribution in [1.82, 2.24) is 10.2 Å². The molecule has 1 N–H and O–H groups in total. The molecule has 4 nitrogen and oxygen atoms in total. The van der Waals surface area contributed by atoms with Gasteiger partial charge in [0, 0.05) is 19.1 Å². The summed E-state index contributed by atoms with van der Waals surface area (Å²) in [5, 5.41) is 3.38. The summed E-state index contributed by atoms with van der Waals surface area (Å²) in [6, 6.07) is 0.401. The Kier molecular flexibility index (Phi) is 4.34. The molecule has 14 heavy (non-hydrogen) atoms. The summed E-state index contributed by atoms with van der Waals surface area (Å²) in [6.45, 7) is 1.95. The van der Waals surface area contributed by atoms with Gasteiger partial charge in [-0.15, -0.1) is 0 Å². The Labute approximate surface area is 86.6 Å². The molecule has 0 spiro atoms. The zero-order chi connectivity index (χ0) is 10.6. The summed E-state index contributed by atoms with van der Waals surface area (Å²) in [7, 11) is 1.36. The Hall–Kier alpha value is -0.130. The van der Waals surface area contributed by atoms with Crippen LogP contribution in [0, 0.1) is 0 Å². The second-order valence-electron chi connectivity index (χ2n) is 4.18. The number of rotatable bonds is 4. The first kappa shape index (κ1) is 11.9. The number of nitrogens with zero attached hydrogens (tertiary/aromatic N) is 1. The van der Waals surface area contributed by atoms with Crippen LogP contribution < -0.4 is 5.32 Å². The summed E-state index contributed by atoms with van der Waals surface area (Å²) < 4.78 is 22.3. The SMILES string of the molecule is CN(C)CCNC1CCS(=O)(=O)CC1. The van der Waals surface area contributed by atoms with E-state index in [1.54, 1.807) is 0 Å². The first-order valence-corrected chi connectivity index (χ1v) is 6.90. The highest BCUT2D eigenvalue weighted by molar-refractivity contribution is 7.91. The van der Waals surface area contributed by atoms with Gasteiger partial charge in [0.15, 0.2) is 0 Å². The minimum Gasteiger partial charge on any atom is -0.313 e. The lowest BCUT2D eigenvalue weighted by Gasteiger charge is -2.23. The zero-order valence-corrected chi connectivity index (χ0v) is 9.81. The smallest absolute Gasteiger partial charge is 0.150 e. The Morgan fingerprint density at radius 2 is 1.86 bits per heavy atom. The van der Waals surface area contributed by atoms with Gasteiger partial charge in [0.25, 0.3) is 0 Å². The van der Waals surface area contributed by atoms with Crippen molar-refractivity contribution in [1.29, 1.82) is 0 Å². The van der Waals surface area contributed by atoms with Crippen molar-refractivity contribution in [3.63, 3.8) is 0 Å². The predicted molar refractivity (Wildman–Crippen MR) is 58.2 cm³/mol. The summed E-state index contributed by atoms with van der Waals surface area (Å²) in [5.41, 5.74) is 0. The Balaban J connectivity index is 2.16. The lowest BCUT2D eigenvalue weighted by atomic mass is 10.1. The van der Waals surface area contributed by atoms with E-state index in [2.05, 4.69) is 10.2 Å². The molecule has 0 aromatic heterocycles. The standard InChI is InChI=1S/C9H20N2O2S/c1-11(2)6-5-10-9-3-7-14(12,13)8-4-9/h9-10H,3-8H2,1-2H3. The van der Waals surface area contributed by atoms with E-state index in [-0.39, 0.29) is 0 Å². The van der Waals surface area contributed by atoms with Crippen molar-refractivity contribution in [3.8, 4) is 0 Å². The van der Waals surface area contributed by atoms with Crippen LogP contribution in [0.25, 0.3) is 0 Å². The molecule has 0 aromatic rings. The van der Waals surface area contributed by atoms with Gasteiger partial charge < -0.3 is 10.2 Å². The van der Waals surface area contributed by atoms with Gasteiger partial charge in [0.1, 0.15) is 9.84 Å². The molecular weight excluding hydrogens is 200 g/mol. The number of sulfone groups is 1. The minimum absolute atomic E-state index is 0.354. The average molecular weight is 220 g/mol. The van der Waals surface area contributed by atoms with E-state index in [1.807, 2.05) is 14.1 Å². The molecule has 1 rings (SSSR count). The highest BCUT2D eigenvalue weighted by Gasteiger charge is 2.22. The van der Waals surface area contributed by atoms with Crippen molar-refractivity contribution < 1.29 is 8.42 Å². The Bertz CT molecular complexity index is 248.